The first-order valence-electron chi connectivity index (χ1n) is 4.33. The molecule has 0 amide bonds. The third-order valence-corrected chi connectivity index (χ3v) is 1.38. The van der Waals surface area contributed by atoms with E-state index in [1.54, 1.807) is 14.2 Å². The molecule has 0 radical (unpaired) electrons. The zero-order chi connectivity index (χ0) is 9.11. The van der Waals surface area contributed by atoms with Crippen LogP contribution in [0.3, 0.4) is 0 Å². The summed E-state index contributed by atoms with van der Waals surface area (Å²) >= 11 is 0. The van der Waals surface area contributed by atoms with Crippen molar-refractivity contribution in [2.45, 2.75) is 27.2 Å². The van der Waals surface area contributed by atoms with Crippen LogP contribution >= 0.6 is 0 Å². The van der Waals surface area contributed by atoms with Gasteiger partial charge >= 0.3 is 0 Å². The van der Waals surface area contributed by atoms with E-state index in [-0.39, 0.29) is 0 Å². The van der Waals surface area contributed by atoms with E-state index < -0.39 is 0 Å². The molecule has 0 heterocycles. The Balaban J connectivity index is 0. The van der Waals surface area contributed by atoms with Gasteiger partial charge < -0.3 is 9.47 Å². The summed E-state index contributed by atoms with van der Waals surface area (Å²) in [6.45, 7) is 7.76. The van der Waals surface area contributed by atoms with E-state index >= 15 is 0 Å². The van der Waals surface area contributed by atoms with Gasteiger partial charge in [-0.05, 0) is 6.42 Å². The van der Waals surface area contributed by atoms with Crippen LogP contribution in [0.5, 0.6) is 0 Å². The van der Waals surface area contributed by atoms with Gasteiger partial charge in [-0.2, -0.15) is 0 Å². The molecule has 0 aromatic heterocycles. The van der Waals surface area contributed by atoms with Gasteiger partial charge in [0.25, 0.3) is 0 Å². The van der Waals surface area contributed by atoms with Crippen LogP contribution in [0.15, 0.2) is 0 Å². The highest BCUT2D eigenvalue weighted by Gasteiger charge is 2.02. The summed E-state index contributed by atoms with van der Waals surface area (Å²) in [7, 11) is 3.44. The Morgan fingerprint density at radius 3 is 1.55 bits per heavy atom. The summed E-state index contributed by atoms with van der Waals surface area (Å²) < 4.78 is 9.93. The quantitative estimate of drug-likeness (QED) is 0.617. The summed E-state index contributed by atoms with van der Waals surface area (Å²) in [6.07, 6.45) is 1.13. The van der Waals surface area contributed by atoms with E-state index in [2.05, 4.69) is 6.92 Å². The Bertz CT molecular complexity index is 49.5. The van der Waals surface area contributed by atoms with E-state index in [0.29, 0.717) is 5.92 Å². The first-order valence-corrected chi connectivity index (χ1v) is 4.33. The van der Waals surface area contributed by atoms with E-state index in [9.17, 15) is 0 Å². The van der Waals surface area contributed by atoms with Crippen molar-refractivity contribution in [1.29, 1.82) is 0 Å². The zero-order valence-corrected chi connectivity index (χ0v) is 8.52. The molecular formula is C9H22O2. The van der Waals surface area contributed by atoms with Crippen LogP contribution in [0.2, 0.25) is 0 Å². The lowest BCUT2D eigenvalue weighted by atomic mass is 10.1. The van der Waals surface area contributed by atoms with Gasteiger partial charge in [-0.15, -0.1) is 0 Å². The second kappa shape index (κ2) is 12.6. The van der Waals surface area contributed by atoms with Crippen molar-refractivity contribution in [3.63, 3.8) is 0 Å². The topological polar surface area (TPSA) is 18.5 Å². The molecule has 0 aliphatic heterocycles. The maximum Gasteiger partial charge on any atom is 0.0512 e. The molecule has 0 saturated heterocycles. The normalized spacial score (nSPS) is 9.27. The minimum absolute atomic E-state index is 0.569. The van der Waals surface area contributed by atoms with Crippen LogP contribution in [0.25, 0.3) is 0 Å². The number of methoxy groups -OCH3 is 2. The first-order chi connectivity index (χ1) is 5.35. The van der Waals surface area contributed by atoms with Gasteiger partial charge in [0.05, 0.1) is 13.2 Å². The predicted octanol–water partition coefficient (Wildman–Crippen LogP) is 2.33. The van der Waals surface area contributed by atoms with Gasteiger partial charge in [0.15, 0.2) is 0 Å². The van der Waals surface area contributed by atoms with Gasteiger partial charge in [0, 0.05) is 20.1 Å². The van der Waals surface area contributed by atoms with Crippen molar-refractivity contribution in [3.8, 4) is 0 Å². The SMILES string of the molecule is CC.CCC(COC)COC. The molecule has 0 aliphatic carbocycles. The number of hydrogen-bond donors (Lipinski definition) is 0. The molecule has 2 nitrogen and oxygen atoms in total. The lowest BCUT2D eigenvalue weighted by Crippen LogP contribution is -2.12. The standard InChI is InChI=1S/C7H16O2.C2H6/c1-4-7(5-8-2)6-9-3;1-2/h7H,4-6H2,1-3H3;1-2H3. The number of ether oxygens (including phenoxy) is 2. The molecule has 11 heavy (non-hydrogen) atoms. The highest BCUT2D eigenvalue weighted by molar-refractivity contribution is 4.52. The van der Waals surface area contributed by atoms with Gasteiger partial charge in [0.2, 0.25) is 0 Å². The van der Waals surface area contributed by atoms with Crippen LogP contribution in [0, 0.1) is 5.92 Å². The molecule has 70 valence electrons. The number of hydrogen-bond acceptors (Lipinski definition) is 2. The fourth-order valence-electron chi connectivity index (χ4n) is 0.755. The third-order valence-electron chi connectivity index (χ3n) is 1.38. The van der Waals surface area contributed by atoms with E-state index in [0.717, 1.165) is 19.6 Å². The highest BCUT2D eigenvalue weighted by Crippen LogP contribution is 2.01. The largest absolute Gasteiger partial charge is 0.384 e. The maximum absolute atomic E-state index is 4.97. The molecule has 0 saturated carbocycles. The summed E-state index contributed by atoms with van der Waals surface area (Å²) in [5.74, 6) is 0.569. The van der Waals surface area contributed by atoms with Gasteiger partial charge in [-0.25, -0.2) is 0 Å². The molecular weight excluding hydrogens is 140 g/mol. The average Bonchev–Trinajstić information content (AvgIpc) is 2.08. The molecule has 0 rings (SSSR count). The summed E-state index contributed by atoms with van der Waals surface area (Å²) in [5.41, 5.74) is 0. The zero-order valence-electron chi connectivity index (χ0n) is 8.52. The second-order valence-electron chi connectivity index (χ2n) is 2.18. The van der Waals surface area contributed by atoms with Crippen molar-refractivity contribution in [1.82, 2.24) is 0 Å². The van der Waals surface area contributed by atoms with Gasteiger partial charge in [-0.3, -0.25) is 0 Å². The monoisotopic (exact) mass is 162 g/mol. The van der Waals surface area contributed by atoms with Crippen molar-refractivity contribution < 1.29 is 9.47 Å². The van der Waals surface area contributed by atoms with Gasteiger partial charge in [-0.1, -0.05) is 20.8 Å². The summed E-state index contributed by atoms with van der Waals surface area (Å²) in [4.78, 5) is 0. The fourth-order valence-corrected chi connectivity index (χ4v) is 0.755. The molecule has 0 fully saturated rings. The highest BCUT2D eigenvalue weighted by atomic mass is 16.5. The maximum atomic E-state index is 4.97. The summed E-state index contributed by atoms with van der Waals surface area (Å²) in [5, 5.41) is 0. The average molecular weight is 162 g/mol. The minimum atomic E-state index is 0.569. The Hall–Kier alpha value is -0.0800. The molecule has 0 aromatic rings. The predicted molar refractivity (Wildman–Crippen MR) is 48.9 cm³/mol. The smallest absolute Gasteiger partial charge is 0.0512 e. The molecule has 0 aliphatic rings. The summed E-state index contributed by atoms with van der Waals surface area (Å²) in [6, 6.07) is 0. The molecule has 2 heteroatoms. The Morgan fingerprint density at radius 2 is 1.36 bits per heavy atom. The lowest BCUT2D eigenvalue weighted by Gasteiger charge is -2.10. The van der Waals surface area contributed by atoms with Crippen molar-refractivity contribution >= 4 is 0 Å². The van der Waals surface area contributed by atoms with Crippen LogP contribution in [-0.2, 0) is 9.47 Å². The van der Waals surface area contributed by atoms with Crippen molar-refractivity contribution in [2.24, 2.45) is 5.92 Å². The van der Waals surface area contributed by atoms with E-state index in [4.69, 9.17) is 9.47 Å². The first kappa shape index (κ1) is 13.5. The second-order valence-corrected chi connectivity index (χ2v) is 2.18. The Labute approximate surface area is 70.9 Å². The van der Waals surface area contributed by atoms with Gasteiger partial charge in [0.1, 0.15) is 0 Å². The Morgan fingerprint density at radius 1 is 1.00 bits per heavy atom. The van der Waals surface area contributed by atoms with Crippen LogP contribution in [0.4, 0.5) is 0 Å². The third kappa shape index (κ3) is 9.92. The van der Waals surface area contributed by atoms with Crippen LogP contribution in [0.1, 0.15) is 27.2 Å². The van der Waals surface area contributed by atoms with Crippen molar-refractivity contribution in [3.05, 3.63) is 0 Å². The molecule has 0 aromatic carbocycles. The van der Waals surface area contributed by atoms with Crippen LogP contribution in [-0.4, -0.2) is 27.4 Å². The molecule has 0 bridgehead atoms. The fraction of sp³-hybridized carbons (Fsp3) is 1.00. The Kier molecular flexibility index (Phi) is 15.4. The molecule has 0 spiro atoms. The minimum Gasteiger partial charge on any atom is -0.384 e. The van der Waals surface area contributed by atoms with Crippen LogP contribution < -0.4 is 0 Å². The molecule has 0 atom stereocenters. The molecule has 0 N–H and O–H groups in total. The van der Waals surface area contributed by atoms with Crippen molar-refractivity contribution in [2.75, 3.05) is 27.4 Å². The molecule has 0 unspecified atom stereocenters. The van der Waals surface area contributed by atoms with E-state index in [1.165, 1.54) is 0 Å². The lowest BCUT2D eigenvalue weighted by molar-refractivity contribution is 0.0830. The van der Waals surface area contributed by atoms with E-state index in [1.807, 2.05) is 13.8 Å². The number of rotatable bonds is 5.